The van der Waals surface area contributed by atoms with E-state index in [1.165, 1.54) is 12.1 Å². The van der Waals surface area contributed by atoms with Crippen LogP contribution in [0.25, 0.3) is 6.08 Å². The number of alkyl halides is 3. The molecular weight excluding hydrogens is 382 g/mol. The zero-order valence-electron chi connectivity index (χ0n) is 17.0. The number of carbonyl (C=O) groups excluding carboxylic acids is 1. The van der Waals surface area contributed by atoms with Crippen LogP contribution in [-0.4, -0.2) is 5.91 Å². The van der Waals surface area contributed by atoms with E-state index in [1.54, 1.807) is 39.0 Å². The highest BCUT2D eigenvalue weighted by Gasteiger charge is 2.30. The molecule has 2 nitrogen and oxygen atoms in total. The first kappa shape index (κ1) is 22.7. The van der Waals surface area contributed by atoms with Gasteiger partial charge >= 0.3 is 6.18 Å². The Labute approximate surface area is 168 Å². The molecule has 0 saturated carbocycles. The van der Waals surface area contributed by atoms with Crippen molar-refractivity contribution in [3.05, 3.63) is 75.6 Å². The van der Waals surface area contributed by atoms with Gasteiger partial charge < -0.3 is 5.32 Å². The van der Waals surface area contributed by atoms with E-state index in [0.29, 0.717) is 40.7 Å². The fourth-order valence-electron chi connectivity index (χ4n) is 2.98. The van der Waals surface area contributed by atoms with Crippen molar-refractivity contribution in [1.82, 2.24) is 5.32 Å². The maximum atomic E-state index is 13.8. The molecule has 0 fully saturated rings. The molecule has 6 heteroatoms. The monoisotopic (exact) mass is 407 g/mol. The van der Waals surface area contributed by atoms with Crippen molar-refractivity contribution in [1.29, 1.82) is 0 Å². The van der Waals surface area contributed by atoms with Crippen LogP contribution < -0.4 is 5.32 Å². The van der Waals surface area contributed by atoms with Crippen molar-refractivity contribution in [2.75, 3.05) is 0 Å². The normalized spacial score (nSPS) is 13.3. The van der Waals surface area contributed by atoms with Crippen molar-refractivity contribution in [3.8, 4) is 0 Å². The zero-order chi connectivity index (χ0) is 21.8. The Morgan fingerprint density at radius 1 is 1.17 bits per heavy atom. The molecule has 2 aromatic carbocycles. The van der Waals surface area contributed by atoms with Gasteiger partial charge in [-0.2, -0.15) is 13.2 Å². The van der Waals surface area contributed by atoms with Crippen LogP contribution >= 0.6 is 0 Å². The molecule has 156 valence electrons. The van der Waals surface area contributed by atoms with E-state index in [2.05, 4.69) is 5.32 Å². The highest BCUT2D eigenvalue weighted by atomic mass is 19.4. The van der Waals surface area contributed by atoms with E-state index >= 15 is 0 Å². The minimum absolute atomic E-state index is 0.343. The van der Waals surface area contributed by atoms with E-state index in [1.807, 2.05) is 6.92 Å². The number of benzene rings is 2. The molecule has 0 bridgehead atoms. The smallest absolute Gasteiger partial charge is 0.346 e. The first-order valence-electron chi connectivity index (χ1n) is 9.48. The fourth-order valence-corrected chi connectivity index (χ4v) is 2.98. The summed E-state index contributed by atoms with van der Waals surface area (Å²) >= 11 is 0. The van der Waals surface area contributed by atoms with Crippen molar-refractivity contribution in [2.45, 2.75) is 52.8 Å². The minimum atomic E-state index is -4.41. The van der Waals surface area contributed by atoms with E-state index in [0.717, 1.165) is 12.1 Å². The van der Waals surface area contributed by atoms with Crippen molar-refractivity contribution < 1.29 is 22.4 Å². The molecule has 0 aliphatic rings. The molecule has 1 N–H and O–H groups in total. The predicted molar refractivity (Wildman–Crippen MR) is 107 cm³/mol. The SMILES string of the molecule is CCCc1cc(C(F)(F)F)ccc1/C=C(\C)C(=O)N[C@H](C)c1ccc(C)c(F)c1. The maximum absolute atomic E-state index is 13.8. The molecular formula is C23H25F4NO. The molecule has 0 radical (unpaired) electrons. The number of nitrogens with one attached hydrogen (secondary N) is 1. The molecule has 29 heavy (non-hydrogen) atoms. The van der Waals surface area contributed by atoms with E-state index in [-0.39, 0.29) is 11.7 Å². The maximum Gasteiger partial charge on any atom is 0.416 e. The standard InChI is InChI=1S/C23H25F4NO/c1-5-6-18-12-20(23(25,26)27)10-9-19(18)11-15(3)22(29)28-16(4)17-8-7-14(2)21(24)13-17/h7-13,16H,5-6H2,1-4H3,(H,28,29)/b15-11+/t16-/m1/s1. The molecule has 0 aliphatic heterocycles. The van der Waals surface area contributed by atoms with Crippen LogP contribution in [0.15, 0.2) is 42.0 Å². The van der Waals surface area contributed by atoms with Gasteiger partial charge in [-0.3, -0.25) is 4.79 Å². The molecule has 0 aliphatic carbocycles. The van der Waals surface area contributed by atoms with Gasteiger partial charge in [0, 0.05) is 5.57 Å². The number of hydrogen-bond acceptors (Lipinski definition) is 1. The Kier molecular flexibility index (Phi) is 7.22. The summed E-state index contributed by atoms with van der Waals surface area (Å²) in [6.07, 6.45) is -1.66. The van der Waals surface area contributed by atoms with Crippen molar-refractivity contribution in [2.24, 2.45) is 0 Å². The lowest BCUT2D eigenvalue weighted by Crippen LogP contribution is -2.27. The van der Waals surface area contributed by atoms with Gasteiger partial charge in [0.15, 0.2) is 0 Å². The van der Waals surface area contributed by atoms with Gasteiger partial charge in [-0.15, -0.1) is 0 Å². The number of halogens is 4. The first-order valence-corrected chi connectivity index (χ1v) is 9.48. The topological polar surface area (TPSA) is 29.1 Å². The average Bonchev–Trinajstić information content (AvgIpc) is 2.64. The molecule has 0 aromatic heterocycles. The highest BCUT2D eigenvalue weighted by molar-refractivity contribution is 5.97. The van der Waals surface area contributed by atoms with Crippen LogP contribution in [0.4, 0.5) is 17.6 Å². The Bertz CT molecular complexity index is 916. The minimum Gasteiger partial charge on any atom is -0.346 e. The molecule has 0 unspecified atom stereocenters. The number of amides is 1. The van der Waals surface area contributed by atoms with Crippen LogP contribution in [0.2, 0.25) is 0 Å². The summed E-state index contributed by atoms with van der Waals surface area (Å²) in [6.45, 7) is 6.89. The number of rotatable bonds is 6. The molecule has 1 atom stereocenters. The predicted octanol–water partition coefficient (Wildman–Crippen LogP) is 6.39. The average molecular weight is 407 g/mol. The van der Waals surface area contributed by atoms with Crippen LogP contribution in [0.1, 0.15) is 61.1 Å². The summed E-state index contributed by atoms with van der Waals surface area (Å²) in [6, 6.07) is 7.92. The Morgan fingerprint density at radius 2 is 1.86 bits per heavy atom. The molecule has 0 heterocycles. The number of aryl methyl sites for hydroxylation is 2. The fraction of sp³-hybridized carbons (Fsp3) is 0.348. The Morgan fingerprint density at radius 3 is 2.45 bits per heavy atom. The van der Waals surface area contributed by atoms with Crippen LogP contribution in [0, 0.1) is 12.7 Å². The third-order valence-electron chi connectivity index (χ3n) is 4.76. The Hall–Kier alpha value is -2.63. The third kappa shape index (κ3) is 5.92. The van der Waals surface area contributed by atoms with E-state index in [9.17, 15) is 22.4 Å². The first-order chi connectivity index (χ1) is 13.5. The van der Waals surface area contributed by atoms with E-state index in [4.69, 9.17) is 0 Å². The van der Waals surface area contributed by atoms with Gasteiger partial charge in [-0.1, -0.05) is 31.5 Å². The Balaban J connectivity index is 2.22. The molecule has 0 saturated heterocycles. The second-order valence-corrected chi connectivity index (χ2v) is 7.19. The molecule has 2 aromatic rings. The van der Waals surface area contributed by atoms with Crippen LogP contribution in [0.3, 0.4) is 0 Å². The van der Waals surface area contributed by atoms with Crippen molar-refractivity contribution >= 4 is 12.0 Å². The lowest BCUT2D eigenvalue weighted by atomic mass is 9.98. The summed E-state index contributed by atoms with van der Waals surface area (Å²) < 4.78 is 52.7. The van der Waals surface area contributed by atoms with Gasteiger partial charge in [0.1, 0.15) is 5.82 Å². The summed E-state index contributed by atoms with van der Waals surface area (Å²) in [5.41, 5.74) is 1.95. The van der Waals surface area contributed by atoms with Crippen LogP contribution in [0.5, 0.6) is 0 Å². The summed E-state index contributed by atoms with van der Waals surface area (Å²) in [5, 5.41) is 2.80. The lowest BCUT2D eigenvalue weighted by molar-refractivity contribution is -0.137. The largest absolute Gasteiger partial charge is 0.416 e. The van der Waals surface area contributed by atoms with E-state index < -0.39 is 17.8 Å². The third-order valence-corrected chi connectivity index (χ3v) is 4.76. The molecule has 1 amide bonds. The van der Waals surface area contributed by atoms with Gasteiger partial charge in [0.2, 0.25) is 5.91 Å². The van der Waals surface area contributed by atoms with Crippen molar-refractivity contribution in [3.63, 3.8) is 0 Å². The van der Waals surface area contributed by atoms with Gasteiger partial charge in [-0.05, 0) is 73.7 Å². The second-order valence-electron chi connectivity index (χ2n) is 7.19. The second kappa shape index (κ2) is 9.25. The summed E-state index contributed by atoms with van der Waals surface area (Å²) in [5.74, 6) is -0.703. The quantitative estimate of drug-likeness (QED) is 0.437. The number of carbonyl (C=O) groups is 1. The molecule has 0 spiro atoms. The van der Waals surface area contributed by atoms with Gasteiger partial charge in [-0.25, -0.2) is 4.39 Å². The molecule has 2 rings (SSSR count). The number of hydrogen-bond donors (Lipinski definition) is 1. The zero-order valence-corrected chi connectivity index (χ0v) is 17.0. The van der Waals surface area contributed by atoms with Crippen LogP contribution in [-0.2, 0) is 17.4 Å². The summed E-state index contributed by atoms with van der Waals surface area (Å²) in [7, 11) is 0. The highest BCUT2D eigenvalue weighted by Crippen LogP contribution is 2.31. The van der Waals surface area contributed by atoms with Gasteiger partial charge in [0.25, 0.3) is 0 Å². The lowest BCUT2D eigenvalue weighted by Gasteiger charge is -2.16. The summed E-state index contributed by atoms with van der Waals surface area (Å²) in [4.78, 5) is 12.5. The van der Waals surface area contributed by atoms with Gasteiger partial charge in [0.05, 0.1) is 11.6 Å².